The first kappa shape index (κ1) is 11.4. The lowest BCUT2D eigenvalue weighted by Gasteiger charge is -2.27. The van der Waals surface area contributed by atoms with Crippen LogP contribution in [0.4, 0.5) is 0 Å². The molecule has 0 amide bonds. The molecule has 3 N–H and O–H groups in total. The molecule has 0 spiro atoms. The van der Waals surface area contributed by atoms with Crippen LogP contribution >= 0.6 is 0 Å². The summed E-state index contributed by atoms with van der Waals surface area (Å²) >= 11 is 0. The van der Waals surface area contributed by atoms with Crippen LogP contribution in [0.1, 0.15) is 27.7 Å². The van der Waals surface area contributed by atoms with Gasteiger partial charge in [-0.3, -0.25) is 10.1 Å². The predicted octanol–water partition coefficient (Wildman–Crippen LogP) is 0.208. The molecule has 0 radical (unpaired) electrons. The number of rotatable bonds is 3. The molecule has 0 bridgehead atoms. The quantitative estimate of drug-likeness (QED) is 0.573. The van der Waals surface area contributed by atoms with E-state index in [1.165, 1.54) is 6.92 Å². The molecule has 72 valence electrons. The van der Waals surface area contributed by atoms with Crippen molar-refractivity contribution in [2.45, 2.75) is 45.4 Å². The molecule has 0 aromatic heterocycles. The molecule has 0 rings (SSSR count). The van der Waals surface area contributed by atoms with Crippen molar-refractivity contribution < 1.29 is 15.0 Å². The van der Waals surface area contributed by atoms with Crippen molar-refractivity contribution in [3.63, 3.8) is 0 Å². The van der Waals surface area contributed by atoms with Gasteiger partial charge in [0.05, 0.1) is 6.10 Å². The van der Waals surface area contributed by atoms with Gasteiger partial charge in [0.2, 0.25) is 0 Å². The van der Waals surface area contributed by atoms with Crippen LogP contribution in [-0.2, 0) is 4.79 Å². The number of carbonyl (C=O) groups is 1. The van der Waals surface area contributed by atoms with E-state index < -0.39 is 18.1 Å². The number of carboxylic acid groups (broad SMARTS) is 1. The topological polar surface area (TPSA) is 69.6 Å². The number of aliphatic hydroxyl groups is 1. The molecular formula is C8H17NO3. The maximum Gasteiger partial charge on any atom is 0.323 e. The molecule has 0 aliphatic rings. The largest absolute Gasteiger partial charge is 0.480 e. The molecular weight excluding hydrogens is 158 g/mol. The summed E-state index contributed by atoms with van der Waals surface area (Å²) in [6.45, 7) is 7.01. The molecule has 2 atom stereocenters. The van der Waals surface area contributed by atoms with Gasteiger partial charge in [-0.2, -0.15) is 0 Å². The number of aliphatic hydroxyl groups excluding tert-OH is 1. The number of carboxylic acids is 1. The van der Waals surface area contributed by atoms with Gasteiger partial charge in [0, 0.05) is 5.54 Å². The number of nitrogens with one attached hydrogen (secondary N) is 1. The summed E-state index contributed by atoms with van der Waals surface area (Å²) < 4.78 is 0. The van der Waals surface area contributed by atoms with Crippen LogP contribution in [0.25, 0.3) is 0 Å². The zero-order valence-electron chi connectivity index (χ0n) is 7.96. The molecule has 0 unspecified atom stereocenters. The van der Waals surface area contributed by atoms with E-state index in [1.54, 1.807) is 0 Å². The van der Waals surface area contributed by atoms with Crippen LogP contribution in [0.2, 0.25) is 0 Å². The van der Waals surface area contributed by atoms with Crippen LogP contribution in [0, 0.1) is 0 Å². The van der Waals surface area contributed by atoms with Gasteiger partial charge in [0.15, 0.2) is 0 Å². The second-order valence-corrected chi connectivity index (χ2v) is 3.95. The smallest absolute Gasteiger partial charge is 0.323 e. The Bertz CT molecular complexity index is 160. The predicted molar refractivity (Wildman–Crippen MR) is 46.0 cm³/mol. The van der Waals surface area contributed by atoms with E-state index in [2.05, 4.69) is 5.32 Å². The maximum absolute atomic E-state index is 10.6. The Morgan fingerprint density at radius 1 is 1.42 bits per heavy atom. The summed E-state index contributed by atoms with van der Waals surface area (Å²) in [4.78, 5) is 10.6. The fourth-order valence-corrected chi connectivity index (χ4v) is 0.855. The summed E-state index contributed by atoms with van der Waals surface area (Å²) in [6.07, 6.45) is -0.887. The third-order valence-corrected chi connectivity index (χ3v) is 1.34. The SMILES string of the molecule is C[C@H](O)[C@@H](NC(C)(C)C)C(=O)O. The van der Waals surface area contributed by atoms with Crippen LogP contribution in [0.15, 0.2) is 0 Å². The molecule has 0 heterocycles. The van der Waals surface area contributed by atoms with Gasteiger partial charge in [-0.25, -0.2) is 0 Å². The third-order valence-electron chi connectivity index (χ3n) is 1.34. The zero-order chi connectivity index (χ0) is 9.94. The molecule has 0 aliphatic heterocycles. The van der Waals surface area contributed by atoms with Crippen molar-refractivity contribution in [2.75, 3.05) is 0 Å². The standard InChI is InChI=1S/C8H17NO3/c1-5(10)6(7(11)12)9-8(2,3)4/h5-6,9-10H,1-4H3,(H,11,12)/t5-,6+/m0/s1. The van der Waals surface area contributed by atoms with Crippen LogP contribution in [0.5, 0.6) is 0 Å². The van der Waals surface area contributed by atoms with Crippen molar-refractivity contribution in [3.8, 4) is 0 Å². The molecule has 0 aliphatic carbocycles. The highest BCUT2D eigenvalue weighted by Crippen LogP contribution is 2.04. The third kappa shape index (κ3) is 4.31. The van der Waals surface area contributed by atoms with E-state index >= 15 is 0 Å². The average molecular weight is 175 g/mol. The van der Waals surface area contributed by atoms with Crippen molar-refractivity contribution in [3.05, 3.63) is 0 Å². The van der Waals surface area contributed by atoms with Crippen molar-refractivity contribution in [1.82, 2.24) is 5.32 Å². The van der Waals surface area contributed by atoms with E-state index in [1.807, 2.05) is 20.8 Å². The Kier molecular flexibility index (Phi) is 3.67. The molecule has 0 fully saturated rings. The Morgan fingerprint density at radius 3 is 1.92 bits per heavy atom. The average Bonchev–Trinajstić information content (AvgIpc) is 1.79. The lowest BCUT2D eigenvalue weighted by atomic mass is 10.0. The van der Waals surface area contributed by atoms with Crippen LogP contribution < -0.4 is 5.32 Å². The first-order valence-corrected chi connectivity index (χ1v) is 3.92. The normalized spacial score (nSPS) is 17.1. The highest BCUT2D eigenvalue weighted by Gasteiger charge is 2.26. The summed E-state index contributed by atoms with van der Waals surface area (Å²) in [7, 11) is 0. The van der Waals surface area contributed by atoms with Gasteiger partial charge in [-0.15, -0.1) is 0 Å². The van der Waals surface area contributed by atoms with Crippen molar-refractivity contribution in [1.29, 1.82) is 0 Å². The van der Waals surface area contributed by atoms with Crippen LogP contribution in [0.3, 0.4) is 0 Å². The Morgan fingerprint density at radius 2 is 1.83 bits per heavy atom. The van der Waals surface area contributed by atoms with E-state index in [0.717, 1.165) is 0 Å². The molecule has 4 nitrogen and oxygen atoms in total. The second kappa shape index (κ2) is 3.87. The first-order valence-electron chi connectivity index (χ1n) is 3.92. The van der Waals surface area contributed by atoms with Crippen molar-refractivity contribution in [2.24, 2.45) is 0 Å². The minimum absolute atomic E-state index is 0.306. The molecule has 12 heavy (non-hydrogen) atoms. The fourth-order valence-electron chi connectivity index (χ4n) is 0.855. The lowest BCUT2D eigenvalue weighted by Crippen LogP contribution is -2.52. The highest BCUT2D eigenvalue weighted by atomic mass is 16.4. The van der Waals surface area contributed by atoms with Gasteiger partial charge in [0.1, 0.15) is 6.04 Å². The fraction of sp³-hybridized carbons (Fsp3) is 0.875. The summed E-state index contributed by atoms with van der Waals surface area (Å²) in [5.74, 6) is -1.03. The monoisotopic (exact) mass is 175 g/mol. The van der Waals surface area contributed by atoms with Gasteiger partial charge < -0.3 is 10.2 Å². The number of hydrogen-bond donors (Lipinski definition) is 3. The molecule has 0 aromatic rings. The van der Waals surface area contributed by atoms with Gasteiger partial charge in [-0.1, -0.05) is 0 Å². The Hall–Kier alpha value is -0.610. The first-order chi connectivity index (χ1) is 5.24. The van der Waals surface area contributed by atoms with Gasteiger partial charge in [0.25, 0.3) is 0 Å². The van der Waals surface area contributed by atoms with Gasteiger partial charge >= 0.3 is 5.97 Å². The minimum Gasteiger partial charge on any atom is -0.480 e. The number of aliphatic carboxylic acids is 1. The Labute approximate surface area is 72.6 Å². The summed E-state index contributed by atoms with van der Waals surface area (Å²) in [5, 5.41) is 20.6. The highest BCUT2D eigenvalue weighted by molar-refractivity contribution is 5.74. The van der Waals surface area contributed by atoms with Crippen molar-refractivity contribution >= 4 is 5.97 Å². The molecule has 0 aromatic carbocycles. The maximum atomic E-state index is 10.6. The van der Waals surface area contributed by atoms with Gasteiger partial charge in [-0.05, 0) is 27.7 Å². The van der Waals surface area contributed by atoms with E-state index in [9.17, 15) is 4.79 Å². The van der Waals surface area contributed by atoms with E-state index in [4.69, 9.17) is 10.2 Å². The Balaban J connectivity index is 4.25. The molecule has 0 saturated carbocycles. The van der Waals surface area contributed by atoms with E-state index in [0.29, 0.717) is 0 Å². The van der Waals surface area contributed by atoms with E-state index in [-0.39, 0.29) is 5.54 Å². The second-order valence-electron chi connectivity index (χ2n) is 3.95. The molecule has 0 saturated heterocycles. The minimum atomic E-state index is -1.03. The number of hydrogen-bond acceptors (Lipinski definition) is 3. The molecule has 4 heteroatoms. The zero-order valence-corrected chi connectivity index (χ0v) is 7.96. The summed E-state index contributed by atoms with van der Waals surface area (Å²) in [5.41, 5.74) is -0.306. The van der Waals surface area contributed by atoms with Crippen LogP contribution in [-0.4, -0.2) is 33.9 Å². The summed E-state index contributed by atoms with van der Waals surface area (Å²) in [6, 6.07) is -0.898. The lowest BCUT2D eigenvalue weighted by molar-refractivity contribution is -0.142.